The molecule has 0 saturated heterocycles. The van der Waals surface area contributed by atoms with E-state index in [2.05, 4.69) is 55.4 Å². The molecule has 552 valence electrons. The molecule has 0 aromatic rings. The molecule has 0 saturated carbocycles. The number of aliphatic hydroxyl groups excluding tert-OH is 1. The Morgan fingerprint density at radius 2 is 0.516 bits per heavy atom. The molecule has 0 amide bonds. The summed E-state index contributed by atoms with van der Waals surface area (Å²) < 4.78 is 68.4. The first kappa shape index (κ1) is 91.1. The molecule has 0 aromatic heterocycles. The average molecular weight is 1370 g/mol. The quantitative estimate of drug-likeness (QED) is 0.0222. The number of rotatable bonds is 71. The Kier molecular flexibility index (Phi) is 62.2. The maximum Gasteiger partial charge on any atom is 0.472 e. The maximum atomic E-state index is 13.1. The Morgan fingerprint density at radius 3 is 0.763 bits per heavy atom. The fourth-order valence-corrected chi connectivity index (χ4v) is 12.7. The summed E-state index contributed by atoms with van der Waals surface area (Å²) in [5.74, 6) is 0.928. The van der Waals surface area contributed by atoms with Gasteiger partial charge in [-0.3, -0.25) is 37.3 Å². The third-order valence-corrected chi connectivity index (χ3v) is 19.7. The zero-order valence-electron chi connectivity index (χ0n) is 60.9. The van der Waals surface area contributed by atoms with Crippen LogP contribution in [0.25, 0.3) is 0 Å². The molecule has 19 heteroatoms. The number of carbonyl (C=O) groups excluding carboxylic acids is 4. The predicted octanol–water partition coefficient (Wildman–Crippen LogP) is 21.3. The van der Waals surface area contributed by atoms with Crippen molar-refractivity contribution in [3.8, 4) is 0 Å². The Hall–Kier alpha value is -1.94. The highest BCUT2D eigenvalue weighted by molar-refractivity contribution is 7.47. The van der Waals surface area contributed by atoms with Crippen molar-refractivity contribution in [2.45, 2.75) is 388 Å². The number of hydrogen-bond donors (Lipinski definition) is 3. The molecule has 0 heterocycles. The lowest BCUT2D eigenvalue weighted by atomic mass is 9.99. The molecule has 93 heavy (non-hydrogen) atoms. The van der Waals surface area contributed by atoms with E-state index in [1.54, 1.807) is 0 Å². The van der Waals surface area contributed by atoms with Crippen LogP contribution >= 0.6 is 15.6 Å². The monoisotopic (exact) mass is 1370 g/mol. The van der Waals surface area contributed by atoms with Gasteiger partial charge in [0.15, 0.2) is 12.2 Å². The van der Waals surface area contributed by atoms with Gasteiger partial charge in [0.2, 0.25) is 0 Å². The highest BCUT2D eigenvalue weighted by Gasteiger charge is 2.30. The van der Waals surface area contributed by atoms with Gasteiger partial charge in [-0.25, -0.2) is 9.13 Å². The topological polar surface area (TPSA) is 237 Å². The summed E-state index contributed by atoms with van der Waals surface area (Å²) in [6.45, 7) is 14.2. The molecule has 0 aliphatic carbocycles. The Bertz CT molecular complexity index is 1840. The van der Waals surface area contributed by atoms with Gasteiger partial charge in [0, 0.05) is 25.7 Å². The van der Waals surface area contributed by atoms with Crippen molar-refractivity contribution in [3.63, 3.8) is 0 Å². The van der Waals surface area contributed by atoms with E-state index in [0.29, 0.717) is 25.7 Å². The second-order valence-electron chi connectivity index (χ2n) is 28.1. The highest BCUT2D eigenvalue weighted by atomic mass is 31.2. The van der Waals surface area contributed by atoms with E-state index in [-0.39, 0.29) is 25.7 Å². The number of ether oxygens (including phenoxy) is 4. The van der Waals surface area contributed by atoms with Gasteiger partial charge < -0.3 is 33.8 Å². The molecule has 0 rings (SSSR count). The summed E-state index contributed by atoms with van der Waals surface area (Å²) in [7, 11) is -9.91. The summed E-state index contributed by atoms with van der Waals surface area (Å²) in [5, 5.41) is 10.6. The van der Waals surface area contributed by atoms with E-state index in [1.165, 1.54) is 167 Å². The summed E-state index contributed by atoms with van der Waals surface area (Å²) >= 11 is 0. The average Bonchev–Trinajstić information content (AvgIpc) is 1.67. The van der Waals surface area contributed by atoms with Crippen LogP contribution in [0.1, 0.15) is 370 Å². The number of phosphoric ester groups is 2. The number of aliphatic hydroxyl groups is 1. The summed E-state index contributed by atoms with van der Waals surface area (Å²) in [4.78, 5) is 72.7. The Morgan fingerprint density at radius 1 is 0.301 bits per heavy atom. The van der Waals surface area contributed by atoms with Gasteiger partial charge in [-0.1, -0.05) is 319 Å². The number of esters is 4. The molecular weight excluding hydrogens is 1220 g/mol. The van der Waals surface area contributed by atoms with Gasteiger partial charge in [-0.2, -0.15) is 0 Å². The zero-order valence-corrected chi connectivity index (χ0v) is 62.7. The van der Waals surface area contributed by atoms with Crippen molar-refractivity contribution in [1.82, 2.24) is 0 Å². The number of carbonyl (C=O) groups is 4. The van der Waals surface area contributed by atoms with Gasteiger partial charge in [-0.05, 0) is 49.4 Å². The molecule has 0 fully saturated rings. The van der Waals surface area contributed by atoms with E-state index >= 15 is 0 Å². The van der Waals surface area contributed by atoms with Crippen LogP contribution in [0.4, 0.5) is 0 Å². The Balaban J connectivity index is 5.22. The summed E-state index contributed by atoms with van der Waals surface area (Å²) in [5.41, 5.74) is 0. The van der Waals surface area contributed by atoms with Crippen molar-refractivity contribution in [2.24, 2.45) is 23.7 Å². The lowest BCUT2D eigenvalue weighted by Crippen LogP contribution is -2.30. The van der Waals surface area contributed by atoms with Crippen molar-refractivity contribution in [2.75, 3.05) is 39.6 Å². The standard InChI is InChI=1S/C74H144O17P2/c1-9-66(7)52-44-36-28-24-25-29-38-46-54-71(76)84-60-69(90-74(79)57-49-41-31-23-19-21-27-35-43-51-65(5)6)62-88-92(80,81)86-58-68(75)59-87-93(82,83)89-63-70(61-85-72(77)55-47-39-33-32-37-45-53-67(8)10-2)91-73(78)56-48-40-30-22-18-16-14-12-11-13-15-17-20-26-34-42-50-64(3)4/h64-70,75H,9-63H2,1-8H3,(H,80,81)(H,82,83)/t66?,67?,68-,69-,70-/m1/s1. The van der Waals surface area contributed by atoms with Crippen LogP contribution in [0, 0.1) is 23.7 Å². The zero-order chi connectivity index (χ0) is 68.9. The third-order valence-electron chi connectivity index (χ3n) is 17.8. The largest absolute Gasteiger partial charge is 0.472 e. The fourth-order valence-electron chi connectivity index (χ4n) is 11.1. The van der Waals surface area contributed by atoms with Crippen LogP contribution in [0.15, 0.2) is 0 Å². The maximum absolute atomic E-state index is 13.1. The minimum absolute atomic E-state index is 0.104. The molecule has 4 unspecified atom stereocenters. The van der Waals surface area contributed by atoms with E-state index in [1.807, 2.05) is 0 Å². The minimum Gasteiger partial charge on any atom is -0.462 e. The van der Waals surface area contributed by atoms with Gasteiger partial charge >= 0.3 is 39.5 Å². The van der Waals surface area contributed by atoms with Gasteiger partial charge in [0.25, 0.3) is 0 Å². The highest BCUT2D eigenvalue weighted by Crippen LogP contribution is 2.45. The second-order valence-corrected chi connectivity index (χ2v) is 31.0. The number of hydrogen-bond acceptors (Lipinski definition) is 15. The van der Waals surface area contributed by atoms with E-state index < -0.39 is 97.5 Å². The fraction of sp³-hybridized carbons (Fsp3) is 0.946. The summed E-state index contributed by atoms with van der Waals surface area (Å²) in [6, 6.07) is 0. The molecule has 0 spiro atoms. The SMILES string of the molecule is CCC(C)CCCCCCCCCCC(=O)OC[C@H](COP(=O)(O)OC[C@@H](O)COP(=O)(O)OC[C@@H](COC(=O)CCCCCCCCC(C)CC)OC(=O)CCCCCCCCCCCCCCCCCCC(C)C)OC(=O)CCCCCCCCCCCC(C)C. The van der Waals surface area contributed by atoms with Crippen LogP contribution in [0.2, 0.25) is 0 Å². The third kappa shape index (κ3) is 65.8. The molecule has 0 radical (unpaired) electrons. The molecule has 3 N–H and O–H groups in total. The normalized spacial score (nSPS) is 14.8. The van der Waals surface area contributed by atoms with Gasteiger partial charge in [0.1, 0.15) is 19.3 Å². The summed E-state index contributed by atoms with van der Waals surface area (Å²) in [6.07, 6.45) is 47.2. The van der Waals surface area contributed by atoms with Crippen LogP contribution in [0.3, 0.4) is 0 Å². The molecule has 0 aliphatic heterocycles. The lowest BCUT2D eigenvalue weighted by Gasteiger charge is -2.21. The van der Waals surface area contributed by atoms with Crippen molar-refractivity contribution in [1.29, 1.82) is 0 Å². The second kappa shape index (κ2) is 63.5. The van der Waals surface area contributed by atoms with Crippen molar-refractivity contribution < 1.29 is 80.2 Å². The van der Waals surface area contributed by atoms with Crippen LogP contribution in [0.5, 0.6) is 0 Å². The van der Waals surface area contributed by atoms with Gasteiger partial charge in [-0.15, -0.1) is 0 Å². The van der Waals surface area contributed by atoms with E-state index in [0.717, 1.165) is 120 Å². The lowest BCUT2D eigenvalue weighted by molar-refractivity contribution is -0.161. The smallest absolute Gasteiger partial charge is 0.462 e. The van der Waals surface area contributed by atoms with Crippen molar-refractivity contribution in [3.05, 3.63) is 0 Å². The Labute approximate surface area is 568 Å². The first-order valence-corrected chi connectivity index (χ1v) is 41.3. The van der Waals surface area contributed by atoms with E-state index in [9.17, 15) is 43.2 Å². The minimum atomic E-state index is -4.96. The van der Waals surface area contributed by atoms with Crippen LogP contribution in [-0.2, 0) is 65.4 Å². The van der Waals surface area contributed by atoms with Crippen LogP contribution in [-0.4, -0.2) is 96.7 Å². The number of unbranched alkanes of at least 4 members (excludes halogenated alkanes) is 35. The molecular formula is C74H144O17P2. The van der Waals surface area contributed by atoms with Crippen LogP contribution < -0.4 is 0 Å². The van der Waals surface area contributed by atoms with Crippen molar-refractivity contribution >= 4 is 39.5 Å². The first-order chi connectivity index (χ1) is 44.7. The molecule has 7 atom stereocenters. The molecule has 0 bridgehead atoms. The molecule has 17 nitrogen and oxygen atoms in total. The number of phosphoric acid groups is 2. The first-order valence-electron chi connectivity index (χ1n) is 38.3. The molecule has 0 aromatic carbocycles. The predicted molar refractivity (Wildman–Crippen MR) is 377 cm³/mol. The molecule has 0 aliphatic rings. The van der Waals surface area contributed by atoms with Gasteiger partial charge in [0.05, 0.1) is 26.4 Å². The van der Waals surface area contributed by atoms with E-state index in [4.69, 9.17) is 37.0 Å².